The van der Waals surface area contributed by atoms with E-state index in [4.69, 9.17) is 4.74 Å². The number of aromatic amines is 1. The van der Waals surface area contributed by atoms with E-state index in [0.717, 1.165) is 50.6 Å². The van der Waals surface area contributed by atoms with Crippen molar-refractivity contribution in [3.05, 3.63) is 24.8 Å². The number of imidazole rings is 2. The lowest BCUT2D eigenvalue weighted by molar-refractivity contribution is -0.0195. The molecule has 1 spiro atoms. The minimum absolute atomic E-state index is 0.0701. The van der Waals surface area contributed by atoms with Crippen LogP contribution in [0.1, 0.15) is 25.3 Å². The van der Waals surface area contributed by atoms with Gasteiger partial charge in [0.25, 0.3) is 0 Å². The molecular weight excluding hydrogens is 254 g/mol. The van der Waals surface area contributed by atoms with Crippen LogP contribution in [0.3, 0.4) is 0 Å². The Bertz CT molecular complexity index is 570. The summed E-state index contributed by atoms with van der Waals surface area (Å²) < 4.78 is 8.37. The number of hydrogen-bond acceptors (Lipinski definition) is 4. The number of nitrogens with one attached hydrogen (secondary N) is 2. The van der Waals surface area contributed by atoms with E-state index in [-0.39, 0.29) is 5.60 Å². The number of nitrogens with zero attached hydrogens (tertiary/aromatic N) is 3. The third-order valence-corrected chi connectivity index (χ3v) is 4.48. The van der Waals surface area contributed by atoms with Crippen LogP contribution in [0.15, 0.2) is 24.8 Å². The SMILES string of the molecule is c1c[nH]c(-c2nccn2C2COC3(CCNCC3)C2)n1. The molecule has 2 aromatic heterocycles. The monoisotopic (exact) mass is 273 g/mol. The number of piperidine rings is 1. The molecule has 2 aliphatic rings. The summed E-state index contributed by atoms with van der Waals surface area (Å²) in [5.74, 6) is 1.72. The highest BCUT2D eigenvalue weighted by Gasteiger charge is 2.42. The molecule has 0 bridgehead atoms. The zero-order valence-corrected chi connectivity index (χ0v) is 11.4. The summed E-state index contributed by atoms with van der Waals surface area (Å²) in [6, 6.07) is 0.357. The zero-order chi connectivity index (χ0) is 13.4. The fourth-order valence-corrected chi connectivity index (χ4v) is 3.41. The summed E-state index contributed by atoms with van der Waals surface area (Å²) >= 11 is 0. The Labute approximate surface area is 117 Å². The van der Waals surface area contributed by atoms with Gasteiger partial charge in [0.15, 0.2) is 11.6 Å². The Kier molecular flexibility index (Phi) is 2.85. The first-order valence-corrected chi connectivity index (χ1v) is 7.24. The summed E-state index contributed by atoms with van der Waals surface area (Å²) in [5.41, 5.74) is 0.0701. The molecule has 2 saturated heterocycles. The van der Waals surface area contributed by atoms with Gasteiger partial charge in [0, 0.05) is 24.8 Å². The summed E-state index contributed by atoms with van der Waals surface area (Å²) in [6.45, 7) is 2.88. The second-order valence-corrected chi connectivity index (χ2v) is 5.70. The number of H-pyrrole nitrogens is 1. The van der Waals surface area contributed by atoms with E-state index >= 15 is 0 Å². The minimum atomic E-state index is 0.0701. The van der Waals surface area contributed by atoms with E-state index in [9.17, 15) is 0 Å². The molecule has 1 atom stereocenters. The molecule has 0 amide bonds. The van der Waals surface area contributed by atoms with E-state index in [1.54, 1.807) is 6.20 Å². The van der Waals surface area contributed by atoms with Crippen LogP contribution in [0.25, 0.3) is 11.6 Å². The van der Waals surface area contributed by atoms with Crippen molar-refractivity contribution >= 4 is 0 Å². The van der Waals surface area contributed by atoms with Crippen molar-refractivity contribution in [1.29, 1.82) is 0 Å². The zero-order valence-electron chi connectivity index (χ0n) is 11.4. The van der Waals surface area contributed by atoms with Gasteiger partial charge in [0.05, 0.1) is 18.2 Å². The van der Waals surface area contributed by atoms with Gasteiger partial charge in [-0.2, -0.15) is 0 Å². The van der Waals surface area contributed by atoms with Gasteiger partial charge in [-0.05, 0) is 32.4 Å². The van der Waals surface area contributed by atoms with E-state index in [1.165, 1.54) is 0 Å². The fourth-order valence-electron chi connectivity index (χ4n) is 3.41. The van der Waals surface area contributed by atoms with Crippen LogP contribution in [-0.4, -0.2) is 44.8 Å². The fraction of sp³-hybridized carbons (Fsp3) is 0.571. The molecule has 2 fully saturated rings. The molecule has 2 aromatic rings. The lowest BCUT2D eigenvalue weighted by atomic mass is 9.88. The van der Waals surface area contributed by atoms with Crippen molar-refractivity contribution in [3.63, 3.8) is 0 Å². The first-order chi connectivity index (χ1) is 9.86. The van der Waals surface area contributed by atoms with Crippen LogP contribution >= 0.6 is 0 Å². The first-order valence-electron chi connectivity index (χ1n) is 7.24. The maximum atomic E-state index is 6.17. The number of rotatable bonds is 2. The molecule has 4 rings (SSSR count). The standard InChI is InChI=1S/C14H19N5O/c1-3-15-4-2-14(1)9-11(10-20-14)19-8-7-18-13(19)12-16-5-6-17-12/h5-8,11,15H,1-4,9-10H2,(H,16,17). The molecule has 0 aromatic carbocycles. The lowest BCUT2D eigenvalue weighted by Crippen LogP contribution is -2.41. The van der Waals surface area contributed by atoms with Crippen LogP contribution in [0.4, 0.5) is 0 Å². The molecule has 0 aliphatic carbocycles. The molecule has 0 radical (unpaired) electrons. The number of aromatic nitrogens is 4. The van der Waals surface area contributed by atoms with Gasteiger partial charge in [0.1, 0.15) is 0 Å². The van der Waals surface area contributed by atoms with Crippen molar-refractivity contribution in [1.82, 2.24) is 24.8 Å². The van der Waals surface area contributed by atoms with Crippen LogP contribution in [-0.2, 0) is 4.74 Å². The van der Waals surface area contributed by atoms with Gasteiger partial charge >= 0.3 is 0 Å². The molecule has 6 nitrogen and oxygen atoms in total. The number of hydrogen-bond donors (Lipinski definition) is 2. The maximum Gasteiger partial charge on any atom is 0.176 e. The van der Waals surface area contributed by atoms with Crippen molar-refractivity contribution < 1.29 is 4.74 Å². The Morgan fingerprint density at radius 2 is 2.15 bits per heavy atom. The van der Waals surface area contributed by atoms with Gasteiger partial charge in [-0.1, -0.05) is 0 Å². The second kappa shape index (κ2) is 4.71. The largest absolute Gasteiger partial charge is 0.373 e. The maximum absolute atomic E-state index is 6.17. The highest BCUT2D eigenvalue weighted by Crippen LogP contribution is 2.40. The smallest absolute Gasteiger partial charge is 0.176 e. The molecule has 4 heterocycles. The molecule has 106 valence electrons. The lowest BCUT2D eigenvalue weighted by Gasteiger charge is -2.32. The summed E-state index contributed by atoms with van der Waals surface area (Å²) in [7, 11) is 0. The quantitative estimate of drug-likeness (QED) is 0.867. The highest BCUT2D eigenvalue weighted by molar-refractivity contribution is 5.43. The van der Waals surface area contributed by atoms with Crippen LogP contribution in [0.2, 0.25) is 0 Å². The molecule has 2 N–H and O–H groups in total. The Morgan fingerprint density at radius 3 is 2.95 bits per heavy atom. The Balaban J connectivity index is 1.59. The second-order valence-electron chi connectivity index (χ2n) is 5.70. The third-order valence-electron chi connectivity index (χ3n) is 4.48. The Hall–Kier alpha value is -1.66. The normalized spacial score (nSPS) is 25.3. The first kappa shape index (κ1) is 12.1. The molecule has 20 heavy (non-hydrogen) atoms. The van der Waals surface area contributed by atoms with Crippen molar-refractivity contribution in [2.45, 2.75) is 30.9 Å². The van der Waals surface area contributed by atoms with Crippen LogP contribution in [0, 0.1) is 0 Å². The summed E-state index contributed by atoms with van der Waals surface area (Å²) in [6.07, 6.45) is 10.7. The van der Waals surface area contributed by atoms with Crippen molar-refractivity contribution in [2.24, 2.45) is 0 Å². The van der Waals surface area contributed by atoms with E-state index < -0.39 is 0 Å². The predicted octanol–water partition coefficient (Wildman–Crippen LogP) is 1.36. The van der Waals surface area contributed by atoms with Gasteiger partial charge in [-0.25, -0.2) is 9.97 Å². The van der Waals surface area contributed by atoms with Gasteiger partial charge in [-0.15, -0.1) is 0 Å². The van der Waals surface area contributed by atoms with Crippen LogP contribution in [0.5, 0.6) is 0 Å². The van der Waals surface area contributed by atoms with Gasteiger partial charge in [0.2, 0.25) is 0 Å². The average Bonchev–Trinajstić information content (AvgIpc) is 3.19. The van der Waals surface area contributed by atoms with Gasteiger partial charge < -0.3 is 19.6 Å². The third kappa shape index (κ3) is 1.96. The molecule has 2 aliphatic heterocycles. The summed E-state index contributed by atoms with van der Waals surface area (Å²) in [4.78, 5) is 11.9. The molecular formula is C14H19N5O. The average molecular weight is 273 g/mol. The summed E-state index contributed by atoms with van der Waals surface area (Å²) in [5, 5.41) is 3.41. The van der Waals surface area contributed by atoms with Crippen molar-refractivity contribution in [2.75, 3.05) is 19.7 Å². The number of ether oxygens (including phenoxy) is 1. The highest BCUT2D eigenvalue weighted by atomic mass is 16.5. The van der Waals surface area contributed by atoms with Gasteiger partial charge in [-0.3, -0.25) is 0 Å². The van der Waals surface area contributed by atoms with Crippen molar-refractivity contribution in [3.8, 4) is 11.6 Å². The van der Waals surface area contributed by atoms with Crippen LogP contribution < -0.4 is 5.32 Å². The van der Waals surface area contributed by atoms with E-state index in [0.29, 0.717) is 6.04 Å². The van der Waals surface area contributed by atoms with E-state index in [1.807, 2.05) is 18.6 Å². The predicted molar refractivity (Wildman–Crippen MR) is 74.2 cm³/mol. The molecule has 6 heteroatoms. The molecule has 0 saturated carbocycles. The molecule has 1 unspecified atom stereocenters. The van der Waals surface area contributed by atoms with E-state index in [2.05, 4.69) is 24.8 Å². The minimum Gasteiger partial charge on any atom is -0.373 e. The Morgan fingerprint density at radius 1 is 1.25 bits per heavy atom. The topological polar surface area (TPSA) is 67.8 Å².